The van der Waals surface area contributed by atoms with Gasteiger partial charge in [-0.25, -0.2) is 9.78 Å². The van der Waals surface area contributed by atoms with Gasteiger partial charge in [-0.15, -0.1) is 0 Å². The molecule has 28 heavy (non-hydrogen) atoms. The Morgan fingerprint density at radius 2 is 1.82 bits per heavy atom. The van der Waals surface area contributed by atoms with Crippen molar-refractivity contribution in [3.63, 3.8) is 0 Å². The van der Waals surface area contributed by atoms with Crippen LogP contribution < -0.4 is 5.32 Å². The summed E-state index contributed by atoms with van der Waals surface area (Å²) in [5, 5.41) is 13.6. The second kappa shape index (κ2) is 8.40. The summed E-state index contributed by atoms with van der Waals surface area (Å²) in [5.41, 5.74) is 1.27. The molecule has 0 atom stereocenters. The number of carbonyl (C=O) groups excluding carboxylic acids is 2. The van der Waals surface area contributed by atoms with Gasteiger partial charge < -0.3 is 4.74 Å². The molecule has 0 bridgehead atoms. The van der Waals surface area contributed by atoms with Crippen molar-refractivity contribution in [1.82, 2.24) is 4.98 Å². The van der Waals surface area contributed by atoms with Crippen LogP contribution in [0.2, 0.25) is 0 Å². The zero-order chi connectivity index (χ0) is 20.1. The largest absolute Gasteiger partial charge is 0.462 e. The van der Waals surface area contributed by atoms with Gasteiger partial charge in [0.1, 0.15) is 4.88 Å². The van der Waals surface area contributed by atoms with Crippen molar-refractivity contribution in [2.24, 2.45) is 0 Å². The minimum atomic E-state index is -0.541. The van der Waals surface area contributed by atoms with Crippen molar-refractivity contribution in [2.75, 3.05) is 11.9 Å². The molecule has 0 unspecified atom stereocenters. The Balaban J connectivity index is 1.88. The molecule has 3 rings (SSSR count). The third-order valence-corrected chi connectivity index (χ3v) is 4.65. The minimum Gasteiger partial charge on any atom is -0.462 e. The summed E-state index contributed by atoms with van der Waals surface area (Å²) in [7, 11) is 0. The lowest BCUT2D eigenvalue weighted by Gasteiger charge is -2.01. The molecule has 2 aromatic carbocycles. The number of aromatic nitrogens is 1. The number of non-ortho nitro benzene ring substituents is 1. The Bertz CT molecular complexity index is 1020. The minimum absolute atomic E-state index is 0.109. The maximum atomic E-state index is 12.4. The summed E-state index contributed by atoms with van der Waals surface area (Å²) >= 11 is 1.01. The van der Waals surface area contributed by atoms with E-state index >= 15 is 0 Å². The SMILES string of the molecule is CCOC(=O)c1sc(NC(=O)c2ccc([N+](=O)[O-])cc2)nc1-c1ccccc1. The van der Waals surface area contributed by atoms with Crippen LogP contribution in [0.25, 0.3) is 11.3 Å². The van der Waals surface area contributed by atoms with E-state index in [4.69, 9.17) is 4.74 Å². The summed E-state index contributed by atoms with van der Waals surface area (Å²) < 4.78 is 5.08. The van der Waals surface area contributed by atoms with Crippen LogP contribution in [0.4, 0.5) is 10.8 Å². The highest BCUT2D eigenvalue weighted by Crippen LogP contribution is 2.32. The van der Waals surface area contributed by atoms with E-state index in [1.54, 1.807) is 19.1 Å². The highest BCUT2D eigenvalue weighted by molar-refractivity contribution is 7.18. The van der Waals surface area contributed by atoms with Gasteiger partial charge in [0.2, 0.25) is 0 Å². The summed E-state index contributed by atoms with van der Waals surface area (Å²) in [6.07, 6.45) is 0. The predicted octanol–water partition coefficient (Wildman–Crippen LogP) is 4.15. The molecule has 0 saturated heterocycles. The van der Waals surface area contributed by atoms with Gasteiger partial charge in [0, 0.05) is 23.3 Å². The zero-order valence-corrected chi connectivity index (χ0v) is 15.6. The molecule has 1 amide bonds. The number of nitrogens with zero attached hydrogens (tertiary/aromatic N) is 2. The van der Waals surface area contributed by atoms with Crippen molar-refractivity contribution < 1.29 is 19.2 Å². The first-order valence-corrected chi connectivity index (χ1v) is 9.10. The third-order valence-electron chi connectivity index (χ3n) is 3.70. The van der Waals surface area contributed by atoms with Crippen LogP contribution >= 0.6 is 11.3 Å². The number of nitro groups is 1. The molecular weight excluding hydrogens is 382 g/mol. The molecule has 0 radical (unpaired) electrons. The maximum Gasteiger partial charge on any atom is 0.350 e. The van der Waals surface area contributed by atoms with E-state index in [-0.39, 0.29) is 27.9 Å². The fourth-order valence-corrected chi connectivity index (χ4v) is 3.28. The standard InChI is InChI=1S/C19H15N3O5S/c1-2-27-18(24)16-15(12-6-4-3-5-7-12)20-19(28-16)21-17(23)13-8-10-14(11-9-13)22(25)26/h3-11H,2H2,1H3,(H,20,21,23). The summed E-state index contributed by atoms with van der Waals surface area (Å²) in [6.45, 7) is 1.92. The van der Waals surface area contributed by atoms with Crippen LogP contribution in [-0.2, 0) is 4.74 Å². The number of benzene rings is 2. The molecule has 0 aliphatic rings. The van der Waals surface area contributed by atoms with Gasteiger partial charge in [-0.05, 0) is 19.1 Å². The van der Waals surface area contributed by atoms with E-state index < -0.39 is 16.8 Å². The average molecular weight is 397 g/mol. The van der Waals surface area contributed by atoms with Crippen molar-refractivity contribution in [1.29, 1.82) is 0 Å². The van der Waals surface area contributed by atoms with Crippen molar-refractivity contribution >= 4 is 34.0 Å². The number of ether oxygens (including phenoxy) is 1. The highest BCUT2D eigenvalue weighted by atomic mass is 32.1. The van der Waals surface area contributed by atoms with Crippen LogP contribution in [0.1, 0.15) is 27.0 Å². The predicted molar refractivity (Wildman–Crippen MR) is 105 cm³/mol. The van der Waals surface area contributed by atoms with Gasteiger partial charge in [-0.1, -0.05) is 41.7 Å². The van der Waals surface area contributed by atoms with E-state index in [0.29, 0.717) is 5.69 Å². The van der Waals surface area contributed by atoms with Crippen LogP contribution in [0.3, 0.4) is 0 Å². The van der Waals surface area contributed by atoms with Gasteiger partial charge in [0.25, 0.3) is 11.6 Å². The second-order valence-corrected chi connectivity index (χ2v) is 6.54. The molecule has 1 heterocycles. The molecule has 8 nitrogen and oxygen atoms in total. The molecule has 0 saturated carbocycles. The number of thiazole rings is 1. The van der Waals surface area contributed by atoms with Crippen LogP contribution in [0, 0.1) is 10.1 Å². The second-order valence-electron chi connectivity index (χ2n) is 5.54. The highest BCUT2D eigenvalue weighted by Gasteiger charge is 2.22. The Hall–Kier alpha value is -3.59. The topological polar surface area (TPSA) is 111 Å². The van der Waals surface area contributed by atoms with Crippen molar-refractivity contribution in [3.05, 3.63) is 75.2 Å². The molecule has 0 aliphatic heterocycles. The number of amides is 1. The molecule has 0 spiro atoms. The van der Waals surface area contributed by atoms with Gasteiger partial charge in [0.15, 0.2) is 5.13 Å². The molecule has 9 heteroatoms. The number of esters is 1. The smallest absolute Gasteiger partial charge is 0.350 e. The molecule has 0 aliphatic carbocycles. The van der Waals surface area contributed by atoms with E-state index in [0.717, 1.165) is 16.9 Å². The van der Waals surface area contributed by atoms with Crippen LogP contribution in [0.15, 0.2) is 54.6 Å². The van der Waals surface area contributed by atoms with Crippen LogP contribution in [-0.4, -0.2) is 28.4 Å². The number of nitro benzene ring substituents is 1. The molecule has 3 aromatic rings. The first kappa shape index (κ1) is 19.2. The molecule has 1 N–H and O–H groups in total. The van der Waals surface area contributed by atoms with Gasteiger partial charge in [-0.2, -0.15) is 0 Å². The molecule has 142 valence electrons. The number of anilines is 1. The lowest BCUT2D eigenvalue weighted by atomic mass is 10.1. The first-order valence-electron chi connectivity index (χ1n) is 8.28. The first-order chi connectivity index (χ1) is 13.5. The number of hydrogen-bond acceptors (Lipinski definition) is 7. The molecule has 1 aromatic heterocycles. The fourth-order valence-electron chi connectivity index (χ4n) is 2.40. The van der Waals surface area contributed by atoms with Gasteiger partial charge in [-0.3, -0.25) is 20.2 Å². The Morgan fingerprint density at radius 1 is 1.14 bits per heavy atom. The maximum absolute atomic E-state index is 12.4. The van der Waals surface area contributed by atoms with E-state index in [1.807, 2.05) is 18.2 Å². The normalized spacial score (nSPS) is 10.3. The number of nitrogens with one attached hydrogen (secondary N) is 1. The van der Waals surface area contributed by atoms with E-state index in [2.05, 4.69) is 10.3 Å². The van der Waals surface area contributed by atoms with Crippen molar-refractivity contribution in [3.8, 4) is 11.3 Å². The quantitative estimate of drug-likeness (QED) is 0.380. The third kappa shape index (κ3) is 4.21. The van der Waals surface area contributed by atoms with E-state index in [1.165, 1.54) is 24.3 Å². The Kier molecular flexibility index (Phi) is 5.75. The summed E-state index contributed by atoms with van der Waals surface area (Å²) in [6, 6.07) is 14.3. The number of rotatable bonds is 6. The van der Waals surface area contributed by atoms with Crippen LogP contribution in [0.5, 0.6) is 0 Å². The lowest BCUT2D eigenvalue weighted by molar-refractivity contribution is -0.384. The Labute approximate surface area is 164 Å². The van der Waals surface area contributed by atoms with E-state index in [9.17, 15) is 19.7 Å². The van der Waals surface area contributed by atoms with Crippen molar-refractivity contribution in [2.45, 2.75) is 6.92 Å². The summed E-state index contributed by atoms with van der Waals surface area (Å²) in [5.74, 6) is -1.01. The van der Waals surface area contributed by atoms with Gasteiger partial charge >= 0.3 is 5.97 Å². The Morgan fingerprint density at radius 3 is 2.43 bits per heavy atom. The summed E-state index contributed by atoms with van der Waals surface area (Å²) in [4.78, 5) is 39.5. The lowest BCUT2D eigenvalue weighted by Crippen LogP contribution is -2.11. The molecular formula is C19H15N3O5S. The average Bonchev–Trinajstić information content (AvgIpc) is 3.13. The van der Waals surface area contributed by atoms with Gasteiger partial charge in [0.05, 0.1) is 17.2 Å². The monoisotopic (exact) mass is 397 g/mol. The zero-order valence-electron chi connectivity index (χ0n) is 14.7. The fraction of sp³-hybridized carbons (Fsp3) is 0.105. The number of carbonyl (C=O) groups is 2. The molecule has 0 fully saturated rings. The number of hydrogen-bond donors (Lipinski definition) is 1.